The Morgan fingerprint density at radius 3 is 2.45 bits per heavy atom. The highest BCUT2D eigenvalue weighted by molar-refractivity contribution is 7.13. The number of aromatic nitrogens is 1. The van der Waals surface area contributed by atoms with E-state index >= 15 is 0 Å². The van der Waals surface area contributed by atoms with E-state index in [4.69, 9.17) is 34.8 Å². The molecule has 1 aromatic heterocycles. The summed E-state index contributed by atoms with van der Waals surface area (Å²) in [7, 11) is 0. The van der Waals surface area contributed by atoms with Gasteiger partial charge in [-0.1, -0.05) is 46.9 Å². The van der Waals surface area contributed by atoms with Crippen LogP contribution in [0.15, 0.2) is 53.9 Å². The Balaban J connectivity index is 1.84. The molecule has 1 N–H and O–H groups in total. The summed E-state index contributed by atoms with van der Waals surface area (Å²) in [5.74, 6) is -1.77. The second kappa shape index (κ2) is 8.60. The average Bonchev–Trinajstić information content (AvgIpc) is 3.19. The number of carbonyl (C=O) groups is 1. The highest BCUT2D eigenvalue weighted by Gasteiger charge is 2.21. The molecule has 0 spiro atoms. The summed E-state index contributed by atoms with van der Waals surface area (Å²) in [5.41, 5.74) is 3.10. The third-order valence-electron chi connectivity index (χ3n) is 4.78. The molecule has 3 nitrogen and oxygen atoms in total. The van der Waals surface area contributed by atoms with Crippen molar-refractivity contribution in [2.24, 2.45) is 0 Å². The molecule has 3 aromatic carbocycles. The number of hydrogen-bond acceptors (Lipinski definition) is 3. The predicted molar refractivity (Wildman–Crippen MR) is 125 cm³/mol. The number of aryl methyl sites for hydroxylation is 1. The smallest absolute Gasteiger partial charge is 0.336 e. The molecule has 0 radical (unpaired) electrons. The Labute approximate surface area is 196 Å². The Hall–Kier alpha value is -2.44. The molecule has 4 rings (SSSR count). The molecular weight excluding hydrogens is 480 g/mol. The van der Waals surface area contributed by atoms with Crippen molar-refractivity contribution in [3.63, 3.8) is 0 Å². The number of carboxylic acid groups (broad SMARTS) is 1. The van der Waals surface area contributed by atoms with E-state index in [1.54, 1.807) is 18.2 Å². The lowest BCUT2D eigenvalue weighted by Crippen LogP contribution is -2.03. The van der Waals surface area contributed by atoms with Gasteiger partial charge in [0.1, 0.15) is 10.8 Å². The Morgan fingerprint density at radius 2 is 1.77 bits per heavy atom. The first-order chi connectivity index (χ1) is 14.8. The zero-order valence-corrected chi connectivity index (χ0v) is 19.0. The van der Waals surface area contributed by atoms with E-state index in [1.807, 2.05) is 18.4 Å². The van der Waals surface area contributed by atoms with Crippen LogP contribution < -0.4 is 0 Å². The second-order valence-corrected chi connectivity index (χ2v) is 8.86. The summed E-state index contributed by atoms with van der Waals surface area (Å²) in [5, 5.41) is 13.3. The third-order valence-corrected chi connectivity index (χ3v) is 6.71. The standard InChI is InChI=1S/C23H13Cl3FNO2S/c1-11-7-14(21-17(25)3-2-4-19(21)27)15(23(29)30)9-13(11)22-28-20(10-31-22)12-5-6-16(24)18(26)8-12/h2-10H,1H3,(H,29,30). The van der Waals surface area contributed by atoms with E-state index in [9.17, 15) is 14.3 Å². The van der Waals surface area contributed by atoms with Crippen molar-refractivity contribution < 1.29 is 14.3 Å². The minimum Gasteiger partial charge on any atom is -0.478 e. The third kappa shape index (κ3) is 4.19. The number of halogens is 4. The van der Waals surface area contributed by atoms with Crippen molar-refractivity contribution in [3.05, 3.63) is 85.9 Å². The topological polar surface area (TPSA) is 50.2 Å². The van der Waals surface area contributed by atoms with E-state index in [0.717, 1.165) is 11.1 Å². The SMILES string of the molecule is Cc1cc(-c2c(F)cccc2Cl)c(C(=O)O)cc1-c1nc(-c2ccc(Cl)c(Cl)c2)cs1. The van der Waals surface area contributed by atoms with Crippen molar-refractivity contribution in [3.8, 4) is 33.0 Å². The Morgan fingerprint density at radius 1 is 1.00 bits per heavy atom. The molecule has 31 heavy (non-hydrogen) atoms. The van der Waals surface area contributed by atoms with Gasteiger partial charge in [-0.15, -0.1) is 11.3 Å². The molecule has 4 aromatic rings. The van der Waals surface area contributed by atoms with Crippen molar-refractivity contribution >= 4 is 52.1 Å². The molecular formula is C23H13Cl3FNO2S. The quantitative estimate of drug-likeness (QED) is 0.312. The van der Waals surface area contributed by atoms with E-state index in [0.29, 0.717) is 26.3 Å². The maximum Gasteiger partial charge on any atom is 0.336 e. The van der Waals surface area contributed by atoms with Gasteiger partial charge in [-0.25, -0.2) is 14.2 Å². The molecule has 0 atom stereocenters. The molecule has 1 heterocycles. The Bertz CT molecular complexity index is 1320. The van der Waals surface area contributed by atoms with Crippen molar-refractivity contribution in [1.29, 1.82) is 0 Å². The van der Waals surface area contributed by atoms with Crippen LogP contribution in [0, 0.1) is 12.7 Å². The summed E-state index contributed by atoms with van der Waals surface area (Å²) in [6.45, 7) is 1.82. The fourth-order valence-electron chi connectivity index (χ4n) is 3.26. The van der Waals surface area contributed by atoms with Gasteiger partial charge in [0.05, 0.1) is 26.3 Å². The molecule has 0 amide bonds. The molecule has 0 fully saturated rings. The minimum absolute atomic E-state index is 0.0566. The summed E-state index contributed by atoms with van der Waals surface area (Å²) in [6, 6.07) is 12.6. The molecule has 0 bridgehead atoms. The highest BCUT2D eigenvalue weighted by atomic mass is 35.5. The van der Waals surface area contributed by atoms with Gasteiger partial charge in [0.15, 0.2) is 0 Å². The van der Waals surface area contributed by atoms with Gasteiger partial charge in [-0.2, -0.15) is 0 Å². The van der Waals surface area contributed by atoms with Crippen LogP contribution in [0.1, 0.15) is 15.9 Å². The van der Waals surface area contributed by atoms with Crippen molar-refractivity contribution in [2.75, 3.05) is 0 Å². The zero-order chi connectivity index (χ0) is 22.3. The van der Waals surface area contributed by atoms with Crippen molar-refractivity contribution in [1.82, 2.24) is 4.98 Å². The molecule has 0 saturated heterocycles. The van der Waals surface area contributed by atoms with Gasteiger partial charge in [0.25, 0.3) is 0 Å². The molecule has 0 aliphatic rings. The fraction of sp³-hybridized carbons (Fsp3) is 0.0435. The van der Waals surface area contributed by atoms with Crippen LogP contribution in [0.2, 0.25) is 15.1 Å². The van der Waals surface area contributed by atoms with Crippen LogP contribution in [0.25, 0.3) is 33.0 Å². The normalized spacial score (nSPS) is 11.0. The maximum absolute atomic E-state index is 14.5. The van der Waals surface area contributed by atoms with Crippen LogP contribution in [0.5, 0.6) is 0 Å². The first-order valence-corrected chi connectivity index (χ1v) is 11.0. The Kier molecular flexibility index (Phi) is 6.04. The largest absolute Gasteiger partial charge is 0.478 e. The molecule has 0 saturated carbocycles. The van der Waals surface area contributed by atoms with E-state index < -0.39 is 11.8 Å². The van der Waals surface area contributed by atoms with E-state index in [-0.39, 0.29) is 21.7 Å². The first-order valence-electron chi connectivity index (χ1n) is 9.00. The van der Waals surface area contributed by atoms with Gasteiger partial charge in [-0.3, -0.25) is 0 Å². The number of rotatable bonds is 4. The lowest BCUT2D eigenvalue weighted by atomic mass is 9.94. The molecule has 0 aliphatic carbocycles. The summed E-state index contributed by atoms with van der Waals surface area (Å²) in [4.78, 5) is 16.6. The molecule has 8 heteroatoms. The lowest BCUT2D eigenvalue weighted by molar-refractivity contribution is 0.0698. The lowest BCUT2D eigenvalue weighted by Gasteiger charge is -2.13. The van der Waals surface area contributed by atoms with Gasteiger partial charge in [0, 0.05) is 27.6 Å². The van der Waals surface area contributed by atoms with Crippen molar-refractivity contribution in [2.45, 2.75) is 6.92 Å². The minimum atomic E-state index is -1.18. The summed E-state index contributed by atoms with van der Waals surface area (Å²) < 4.78 is 14.5. The number of carboxylic acids is 1. The highest BCUT2D eigenvalue weighted by Crippen LogP contribution is 2.39. The number of benzene rings is 3. The average molecular weight is 493 g/mol. The van der Waals surface area contributed by atoms with Crippen LogP contribution >= 0.6 is 46.1 Å². The number of aromatic carboxylic acids is 1. The molecule has 0 unspecified atom stereocenters. The van der Waals surface area contributed by atoms with Gasteiger partial charge < -0.3 is 5.11 Å². The number of nitrogens with zero attached hydrogens (tertiary/aromatic N) is 1. The van der Waals surface area contributed by atoms with Gasteiger partial charge in [-0.05, 0) is 48.9 Å². The molecule has 156 valence electrons. The summed E-state index contributed by atoms with van der Waals surface area (Å²) >= 11 is 19.6. The van der Waals surface area contributed by atoms with Crippen LogP contribution in [-0.4, -0.2) is 16.1 Å². The number of thiazole rings is 1. The second-order valence-electron chi connectivity index (χ2n) is 6.78. The predicted octanol–water partition coefficient (Wildman–Crippen LogP) is 8.25. The first kappa shape index (κ1) is 21.8. The summed E-state index contributed by atoms with van der Waals surface area (Å²) in [6.07, 6.45) is 0. The van der Waals surface area contributed by atoms with Gasteiger partial charge in [0.2, 0.25) is 0 Å². The van der Waals surface area contributed by atoms with Crippen LogP contribution in [0.4, 0.5) is 4.39 Å². The molecule has 0 aliphatic heterocycles. The van der Waals surface area contributed by atoms with E-state index in [1.165, 1.54) is 35.6 Å². The number of hydrogen-bond donors (Lipinski definition) is 1. The van der Waals surface area contributed by atoms with E-state index in [2.05, 4.69) is 4.98 Å². The fourth-order valence-corrected chi connectivity index (χ4v) is 4.74. The van der Waals surface area contributed by atoms with Crippen LogP contribution in [0.3, 0.4) is 0 Å². The monoisotopic (exact) mass is 491 g/mol. The van der Waals surface area contributed by atoms with Crippen LogP contribution in [-0.2, 0) is 0 Å². The van der Waals surface area contributed by atoms with Gasteiger partial charge >= 0.3 is 5.97 Å². The maximum atomic E-state index is 14.5. The zero-order valence-electron chi connectivity index (χ0n) is 15.9.